The first-order valence-corrected chi connectivity index (χ1v) is 6.45. The van der Waals surface area contributed by atoms with Crippen LogP contribution in [0.4, 0.5) is 10.5 Å². The van der Waals surface area contributed by atoms with Crippen molar-refractivity contribution >= 4 is 11.7 Å². The molecule has 0 aliphatic rings. The van der Waals surface area contributed by atoms with Crippen LogP contribution >= 0.6 is 0 Å². The minimum absolute atomic E-state index is 0.0489. The van der Waals surface area contributed by atoms with E-state index in [4.69, 9.17) is 9.84 Å². The largest absolute Gasteiger partial charge is 0.494 e. The Hall–Kier alpha value is -1.75. The van der Waals surface area contributed by atoms with E-state index >= 15 is 0 Å². The van der Waals surface area contributed by atoms with Crippen LogP contribution in [-0.2, 0) is 0 Å². The highest BCUT2D eigenvalue weighted by atomic mass is 16.5. The lowest BCUT2D eigenvalue weighted by Crippen LogP contribution is -2.33. The number of aliphatic hydroxyl groups is 1. The lowest BCUT2D eigenvalue weighted by atomic mass is 10.2. The van der Waals surface area contributed by atoms with Gasteiger partial charge in [0.15, 0.2) is 0 Å². The third kappa shape index (κ3) is 4.79. The van der Waals surface area contributed by atoms with Crippen LogP contribution in [-0.4, -0.2) is 42.8 Å². The number of hydrogen-bond acceptors (Lipinski definition) is 3. The van der Waals surface area contributed by atoms with E-state index in [0.29, 0.717) is 13.2 Å². The first-order valence-electron chi connectivity index (χ1n) is 6.45. The zero-order chi connectivity index (χ0) is 14.3. The van der Waals surface area contributed by atoms with Crippen molar-refractivity contribution in [3.05, 3.63) is 23.8 Å². The molecule has 19 heavy (non-hydrogen) atoms. The average Bonchev–Trinajstić information content (AvgIpc) is 2.39. The molecule has 1 aromatic rings. The van der Waals surface area contributed by atoms with Crippen molar-refractivity contribution in [2.75, 3.05) is 32.1 Å². The summed E-state index contributed by atoms with van der Waals surface area (Å²) >= 11 is 0. The fourth-order valence-electron chi connectivity index (χ4n) is 1.55. The van der Waals surface area contributed by atoms with Gasteiger partial charge in [0.05, 0.1) is 13.2 Å². The van der Waals surface area contributed by atoms with Crippen LogP contribution in [0.5, 0.6) is 5.75 Å². The summed E-state index contributed by atoms with van der Waals surface area (Å²) in [6.07, 6.45) is 0.962. The van der Waals surface area contributed by atoms with E-state index < -0.39 is 0 Å². The Balaban J connectivity index is 2.66. The van der Waals surface area contributed by atoms with E-state index in [0.717, 1.165) is 23.4 Å². The number of hydrogen-bond donors (Lipinski definition) is 2. The zero-order valence-corrected chi connectivity index (χ0v) is 11.8. The second kappa shape index (κ2) is 7.63. The maximum absolute atomic E-state index is 11.8. The third-order valence-corrected chi connectivity index (χ3v) is 2.69. The van der Waals surface area contributed by atoms with Gasteiger partial charge >= 0.3 is 6.03 Å². The lowest BCUT2D eigenvalue weighted by molar-refractivity contribution is 0.202. The van der Waals surface area contributed by atoms with Gasteiger partial charge in [0.25, 0.3) is 0 Å². The number of benzene rings is 1. The number of aliphatic hydroxyl groups excluding tert-OH is 1. The number of rotatable bonds is 6. The minimum Gasteiger partial charge on any atom is -0.494 e. The Kier molecular flexibility index (Phi) is 6.15. The monoisotopic (exact) mass is 266 g/mol. The number of carbonyl (C=O) groups excluding carboxylic acids is 1. The van der Waals surface area contributed by atoms with E-state index in [2.05, 4.69) is 12.2 Å². The van der Waals surface area contributed by atoms with Crippen LogP contribution in [0.15, 0.2) is 18.2 Å². The molecule has 0 fully saturated rings. The number of nitrogens with one attached hydrogen (secondary N) is 1. The normalized spacial score (nSPS) is 10.1. The van der Waals surface area contributed by atoms with Gasteiger partial charge in [0.1, 0.15) is 5.75 Å². The smallest absolute Gasteiger partial charge is 0.321 e. The quantitative estimate of drug-likeness (QED) is 0.830. The second-order valence-corrected chi connectivity index (χ2v) is 4.40. The average molecular weight is 266 g/mol. The first-order chi connectivity index (χ1) is 9.08. The maximum atomic E-state index is 11.8. The molecule has 5 nitrogen and oxygen atoms in total. The number of ether oxygens (including phenoxy) is 1. The summed E-state index contributed by atoms with van der Waals surface area (Å²) < 4.78 is 5.53. The standard InChI is InChI=1S/C14H22N2O3/c1-4-9-19-12-5-6-13(11(2)10-12)15-14(18)16(3)7-8-17/h5-6,10,17H,4,7-9H2,1-3H3,(H,15,18). The van der Waals surface area contributed by atoms with Crippen molar-refractivity contribution in [1.29, 1.82) is 0 Å². The highest BCUT2D eigenvalue weighted by Gasteiger charge is 2.09. The van der Waals surface area contributed by atoms with Gasteiger partial charge in [-0.1, -0.05) is 6.92 Å². The Morgan fingerprint density at radius 3 is 2.79 bits per heavy atom. The van der Waals surface area contributed by atoms with Crippen LogP contribution < -0.4 is 10.1 Å². The molecule has 0 radical (unpaired) electrons. The highest BCUT2D eigenvalue weighted by molar-refractivity contribution is 5.90. The van der Waals surface area contributed by atoms with Crippen molar-refractivity contribution in [2.45, 2.75) is 20.3 Å². The molecule has 2 N–H and O–H groups in total. The van der Waals surface area contributed by atoms with Gasteiger partial charge in [0.2, 0.25) is 0 Å². The van der Waals surface area contributed by atoms with Crippen molar-refractivity contribution in [3.8, 4) is 5.75 Å². The molecule has 1 aromatic carbocycles. The van der Waals surface area contributed by atoms with Crippen LogP contribution in [0.25, 0.3) is 0 Å². The molecule has 0 unspecified atom stereocenters. The molecular formula is C14H22N2O3. The number of carbonyl (C=O) groups is 1. The molecule has 0 saturated carbocycles. The Morgan fingerprint density at radius 1 is 1.47 bits per heavy atom. The SMILES string of the molecule is CCCOc1ccc(NC(=O)N(C)CCO)c(C)c1. The van der Waals surface area contributed by atoms with Crippen molar-refractivity contribution in [3.63, 3.8) is 0 Å². The fraction of sp³-hybridized carbons (Fsp3) is 0.500. The maximum Gasteiger partial charge on any atom is 0.321 e. The molecule has 0 aliphatic heterocycles. The summed E-state index contributed by atoms with van der Waals surface area (Å²) in [5.74, 6) is 0.807. The Labute approximate surface area is 114 Å². The van der Waals surface area contributed by atoms with Crippen LogP contribution in [0.1, 0.15) is 18.9 Å². The van der Waals surface area contributed by atoms with Crippen molar-refractivity contribution < 1.29 is 14.6 Å². The van der Waals surface area contributed by atoms with Gasteiger partial charge < -0.3 is 20.1 Å². The van der Waals surface area contributed by atoms with E-state index in [-0.39, 0.29) is 12.6 Å². The number of amides is 2. The van der Waals surface area contributed by atoms with Gasteiger partial charge in [-0.3, -0.25) is 0 Å². The first kappa shape index (κ1) is 15.3. The van der Waals surface area contributed by atoms with Crippen LogP contribution in [0.3, 0.4) is 0 Å². The molecule has 0 heterocycles. The van der Waals surface area contributed by atoms with Gasteiger partial charge in [-0.25, -0.2) is 4.79 Å². The predicted molar refractivity (Wildman–Crippen MR) is 75.7 cm³/mol. The lowest BCUT2D eigenvalue weighted by Gasteiger charge is -2.18. The van der Waals surface area contributed by atoms with E-state index in [1.807, 2.05) is 25.1 Å². The van der Waals surface area contributed by atoms with Gasteiger partial charge in [0, 0.05) is 19.3 Å². The molecule has 2 amide bonds. The number of nitrogens with zero attached hydrogens (tertiary/aromatic N) is 1. The summed E-state index contributed by atoms with van der Waals surface area (Å²) in [4.78, 5) is 13.2. The predicted octanol–water partition coefficient (Wildman–Crippen LogP) is 2.24. The molecule has 5 heteroatoms. The minimum atomic E-state index is -0.237. The molecule has 0 bridgehead atoms. The number of anilines is 1. The van der Waals surface area contributed by atoms with E-state index in [1.54, 1.807) is 7.05 Å². The molecule has 0 atom stereocenters. The third-order valence-electron chi connectivity index (χ3n) is 2.69. The van der Waals surface area contributed by atoms with E-state index in [1.165, 1.54) is 4.90 Å². The zero-order valence-electron chi connectivity index (χ0n) is 11.8. The molecule has 1 rings (SSSR count). The molecule has 0 saturated heterocycles. The summed E-state index contributed by atoms with van der Waals surface area (Å²) in [7, 11) is 1.64. The van der Waals surface area contributed by atoms with E-state index in [9.17, 15) is 4.79 Å². The van der Waals surface area contributed by atoms with Crippen LogP contribution in [0.2, 0.25) is 0 Å². The summed E-state index contributed by atoms with van der Waals surface area (Å²) in [5.41, 5.74) is 1.69. The molecular weight excluding hydrogens is 244 g/mol. The topological polar surface area (TPSA) is 61.8 Å². The number of aryl methyl sites for hydroxylation is 1. The Bertz CT molecular complexity index is 421. The molecule has 106 valence electrons. The second-order valence-electron chi connectivity index (χ2n) is 4.40. The Morgan fingerprint density at radius 2 is 2.21 bits per heavy atom. The number of urea groups is 1. The fourth-order valence-corrected chi connectivity index (χ4v) is 1.55. The molecule has 0 spiro atoms. The van der Waals surface area contributed by atoms with Gasteiger partial charge in [-0.05, 0) is 37.1 Å². The van der Waals surface area contributed by atoms with Gasteiger partial charge in [-0.15, -0.1) is 0 Å². The summed E-state index contributed by atoms with van der Waals surface area (Å²) in [6.45, 7) is 4.92. The van der Waals surface area contributed by atoms with Crippen molar-refractivity contribution in [1.82, 2.24) is 4.90 Å². The molecule has 0 aromatic heterocycles. The highest BCUT2D eigenvalue weighted by Crippen LogP contribution is 2.21. The summed E-state index contributed by atoms with van der Waals surface area (Å²) in [5, 5.41) is 11.6. The van der Waals surface area contributed by atoms with Crippen molar-refractivity contribution in [2.24, 2.45) is 0 Å². The molecule has 0 aliphatic carbocycles. The van der Waals surface area contributed by atoms with Gasteiger partial charge in [-0.2, -0.15) is 0 Å². The number of likely N-dealkylation sites (N-methyl/N-ethyl adjacent to an activating group) is 1. The van der Waals surface area contributed by atoms with Crippen LogP contribution in [0, 0.1) is 6.92 Å². The summed E-state index contributed by atoms with van der Waals surface area (Å²) in [6, 6.07) is 5.33.